The fraction of sp³-hybridized carbons (Fsp3) is 0.625. The number of rotatable bonds is 1. The van der Waals surface area contributed by atoms with Crippen LogP contribution in [0.2, 0.25) is 0 Å². The summed E-state index contributed by atoms with van der Waals surface area (Å²) in [6.45, 7) is 6.66. The molecule has 1 aliphatic heterocycles. The van der Waals surface area contributed by atoms with Crippen molar-refractivity contribution in [1.82, 2.24) is 0 Å². The zero-order valence-corrected chi connectivity index (χ0v) is 6.21. The molecule has 1 aliphatic rings. The van der Waals surface area contributed by atoms with Gasteiger partial charge in [-0.05, 0) is 19.8 Å². The van der Waals surface area contributed by atoms with Crippen molar-refractivity contribution in [2.75, 3.05) is 13.2 Å². The van der Waals surface area contributed by atoms with E-state index in [0.717, 1.165) is 0 Å². The summed E-state index contributed by atoms with van der Waals surface area (Å²) < 4.78 is 9.10. The van der Waals surface area contributed by atoms with Gasteiger partial charge in [-0.3, -0.25) is 4.79 Å². The Bertz CT molecular complexity index is 147. The number of hydrogen-bond acceptors (Lipinski definition) is 3. The first-order valence-electron chi connectivity index (χ1n) is 3.47. The van der Waals surface area contributed by atoms with Gasteiger partial charge in [-0.2, -0.15) is 0 Å². The van der Waals surface area contributed by atoms with Gasteiger partial charge in [-0.1, -0.05) is 0 Å². The zero-order chi connectivity index (χ0) is 8.32. The van der Waals surface area contributed by atoms with Crippen LogP contribution in [-0.2, 0) is 14.3 Å². The SMILES string of the molecule is [CH]OC(=O)C1([CH])CCOCC1. The summed E-state index contributed by atoms with van der Waals surface area (Å²) in [6.07, 6.45) is 0.950. The van der Waals surface area contributed by atoms with Gasteiger partial charge in [0.25, 0.3) is 0 Å². The Hall–Kier alpha value is -0.570. The van der Waals surface area contributed by atoms with E-state index in [1.165, 1.54) is 0 Å². The minimum Gasteiger partial charge on any atom is -0.454 e. The first-order valence-corrected chi connectivity index (χ1v) is 3.47. The van der Waals surface area contributed by atoms with Crippen LogP contribution in [0, 0.1) is 19.4 Å². The van der Waals surface area contributed by atoms with Crippen LogP contribution in [0.4, 0.5) is 0 Å². The molecule has 11 heavy (non-hydrogen) atoms. The zero-order valence-electron chi connectivity index (χ0n) is 6.21. The van der Waals surface area contributed by atoms with Gasteiger partial charge in [0.05, 0.1) is 5.41 Å². The van der Waals surface area contributed by atoms with Gasteiger partial charge in [-0.15, -0.1) is 0 Å². The van der Waals surface area contributed by atoms with Crippen LogP contribution in [0.1, 0.15) is 12.8 Å². The predicted molar refractivity (Wildman–Crippen MR) is 37.2 cm³/mol. The monoisotopic (exact) mass is 154 g/mol. The van der Waals surface area contributed by atoms with Gasteiger partial charge in [0, 0.05) is 13.2 Å². The van der Waals surface area contributed by atoms with Gasteiger partial charge in [0.15, 0.2) is 7.11 Å². The van der Waals surface area contributed by atoms with Gasteiger partial charge in [0.1, 0.15) is 0 Å². The predicted octanol–water partition coefficient (Wildman–Crippen LogP) is 0.706. The quantitative estimate of drug-likeness (QED) is 0.522. The van der Waals surface area contributed by atoms with E-state index in [0.29, 0.717) is 26.1 Å². The molecule has 0 bridgehead atoms. The summed E-state index contributed by atoms with van der Waals surface area (Å²) in [7, 11) is 4.72. The van der Waals surface area contributed by atoms with Crippen molar-refractivity contribution in [2.45, 2.75) is 12.8 Å². The maximum absolute atomic E-state index is 11.0. The van der Waals surface area contributed by atoms with E-state index < -0.39 is 11.4 Å². The molecular formula is C8H10O3. The van der Waals surface area contributed by atoms with Gasteiger partial charge in [-0.25, -0.2) is 0 Å². The van der Waals surface area contributed by atoms with E-state index in [9.17, 15) is 4.79 Å². The average Bonchev–Trinajstić information content (AvgIpc) is 2.04. The standard InChI is InChI=1S/C8H10O3/c1-8(7(9)10-2)3-5-11-6-4-8/h1-2H,3-6H2. The Morgan fingerprint density at radius 1 is 1.45 bits per heavy atom. The molecule has 1 heterocycles. The fourth-order valence-corrected chi connectivity index (χ4v) is 1.06. The highest BCUT2D eigenvalue weighted by Gasteiger charge is 2.36. The summed E-state index contributed by atoms with van der Waals surface area (Å²) in [5, 5.41) is 0. The highest BCUT2D eigenvalue weighted by molar-refractivity contribution is 5.77. The molecule has 1 rings (SSSR count). The van der Waals surface area contributed by atoms with Crippen LogP contribution in [0.5, 0.6) is 0 Å². The van der Waals surface area contributed by atoms with Crippen LogP contribution in [0.25, 0.3) is 0 Å². The normalized spacial score (nSPS) is 22.7. The second kappa shape index (κ2) is 3.22. The van der Waals surface area contributed by atoms with Gasteiger partial charge in [0.2, 0.25) is 0 Å². The van der Waals surface area contributed by atoms with E-state index in [-0.39, 0.29) is 0 Å². The van der Waals surface area contributed by atoms with Crippen molar-refractivity contribution in [3.05, 3.63) is 14.0 Å². The lowest BCUT2D eigenvalue weighted by molar-refractivity contribution is -0.152. The van der Waals surface area contributed by atoms with Crippen molar-refractivity contribution in [2.24, 2.45) is 5.41 Å². The van der Waals surface area contributed by atoms with E-state index in [1.807, 2.05) is 0 Å². The van der Waals surface area contributed by atoms with Crippen LogP contribution in [-0.4, -0.2) is 19.2 Å². The maximum Gasteiger partial charge on any atom is 0.313 e. The molecule has 0 amide bonds. The Balaban J connectivity index is 2.56. The molecule has 0 aliphatic carbocycles. The Morgan fingerprint density at radius 3 is 2.45 bits per heavy atom. The number of ether oxygens (including phenoxy) is 2. The van der Waals surface area contributed by atoms with Crippen molar-refractivity contribution >= 4 is 5.97 Å². The van der Waals surface area contributed by atoms with Crippen molar-refractivity contribution in [3.8, 4) is 0 Å². The largest absolute Gasteiger partial charge is 0.454 e. The Morgan fingerprint density at radius 2 is 2.00 bits per heavy atom. The minimum absolute atomic E-state index is 0.475. The number of hydrogen-bond donors (Lipinski definition) is 0. The molecule has 4 radical (unpaired) electrons. The van der Waals surface area contributed by atoms with Crippen molar-refractivity contribution in [1.29, 1.82) is 0 Å². The fourth-order valence-electron chi connectivity index (χ4n) is 1.06. The molecule has 3 heteroatoms. The van der Waals surface area contributed by atoms with Crippen molar-refractivity contribution < 1.29 is 14.3 Å². The third-order valence-corrected chi connectivity index (χ3v) is 1.90. The molecule has 1 saturated heterocycles. The molecule has 0 atom stereocenters. The summed E-state index contributed by atoms with van der Waals surface area (Å²) in [6, 6.07) is 0. The first kappa shape index (κ1) is 8.53. The molecule has 0 spiro atoms. The van der Waals surface area contributed by atoms with E-state index in [2.05, 4.69) is 4.74 Å². The van der Waals surface area contributed by atoms with Crippen LogP contribution in [0.3, 0.4) is 0 Å². The van der Waals surface area contributed by atoms with E-state index >= 15 is 0 Å². The average molecular weight is 154 g/mol. The summed E-state index contributed by atoms with van der Waals surface area (Å²) in [5.41, 5.74) is -0.924. The molecule has 0 aromatic rings. The third-order valence-electron chi connectivity index (χ3n) is 1.90. The number of carbonyl (C=O) groups excluding carboxylic acids is 1. The molecule has 60 valence electrons. The lowest BCUT2D eigenvalue weighted by Crippen LogP contribution is -2.35. The molecule has 1 fully saturated rings. The topological polar surface area (TPSA) is 35.5 Å². The summed E-state index contributed by atoms with van der Waals surface area (Å²) in [4.78, 5) is 11.0. The molecule has 0 N–H and O–H groups in total. The smallest absolute Gasteiger partial charge is 0.313 e. The number of carbonyl (C=O) groups is 1. The second-order valence-corrected chi connectivity index (χ2v) is 2.67. The first-order chi connectivity index (χ1) is 5.19. The third kappa shape index (κ3) is 1.71. The highest BCUT2D eigenvalue weighted by Crippen LogP contribution is 2.30. The van der Waals surface area contributed by atoms with E-state index in [1.54, 1.807) is 0 Å². The highest BCUT2D eigenvalue weighted by atomic mass is 16.5. The molecular weight excluding hydrogens is 144 g/mol. The Kier molecular flexibility index (Phi) is 2.49. The Labute approximate surface area is 66.7 Å². The summed E-state index contributed by atoms with van der Waals surface area (Å²) in [5.74, 6) is -0.555. The van der Waals surface area contributed by atoms with Crippen LogP contribution in [0.15, 0.2) is 0 Å². The molecule has 0 unspecified atom stereocenters. The van der Waals surface area contributed by atoms with Crippen LogP contribution < -0.4 is 0 Å². The minimum atomic E-state index is -0.924. The number of esters is 1. The lowest BCUT2D eigenvalue weighted by Gasteiger charge is -2.29. The van der Waals surface area contributed by atoms with Gasteiger partial charge >= 0.3 is 5.97 Å². The van der Waals surface area contributed by atoms with Crippen molar-refractivity contribution in [3.63, 3.8) is 0 Å². The molecule has 0 aromatic heterocycles. The maximum atomic E-state index is 11.0. The van der Waals surface area contributed by atoms with Crippen LogP contribution >= 0.6 is 0 Å². The van der Waals surface area contributed by atoms with E-state index in [4.69, 9.17) is 18.8 Å². The molecule has 0 saturated carbocycles. The second-order valence-electron chi connectivity index (χ2n) is 2.67. The van der Waals surface area contributed by atoms with Gasteiger partial charge < -0.3 is 9.47 Å². The lowest BCUT2D eigenvalue weighted by atomic mass is 9.83. The molecule has 3 nitrogen and oxygen atoms in total. The summed E-state index contributed by atoms with van der Waals surface area (Å²) >= 11 is 0. The molecule has 0 aromatic carbocycles.